The van der Waals surface area contributed by atoms with Gasteiger partial charge in [0.1, 0.15) is 12.0 Å². The zero-order chi connectivity index (χ0) is 17.1. The maximum atomic E-state index is 12.1. The number of carbonyl (C=O) groups excluding carboxylic acids is 1. The van der Waals surface area contributed by atoms with Gasteiger partial charge in [-0.3, -0.25) is 4.79 Å². The molecule has 0 aliphatic carbocycles. The van der Waals surface area contributed by atoms with E-state index in [0.29, 0.717) is 30.3 Å². The normalized spacial score (nSPS) is 17.3. The Morgan fingerprint density at radius 3 is 3.04 bits per heavy atom. The van der Waals surface area contributed by atoms with Crippen LogP contribution in [0.25, 0.3) is 0 Å². The number of carbonyl (C=O) groups is 1. The molecule has 1 atom stereocenters. The Labute approximate surface area is 146 Å². The quantitative estimate of drug-likeness (QED) is 0.872. The molecule has 24 heavy (non-hydrogen) atoms. The molecule has 1 unspecified atom stereocenters. The minimum atomic E-state index is -0.115. The van der Waals surface area contributed by atoms with Gasteiger partial charge < -0.3 is 20.4 Å². The van der Waals surface area contributed by atoms with E-state index in [4.69, 9.17) is 21.8 Å². The highest BCUT2D eigenvalue weighted by Crippen LogP contribution is 2.29. The molecule has 0 bridgehead atoms. The molecule has 0 radical (unpaired) electrons. The summed E-state index contributed by atoms with van der Waals surface area (Å²) in [6.45, 7) is 4.93. The van der Waals surface area contributed by atoms with Crippen molar-refractivity contribution in [3.8, 4) is 0 Å². The van der Waals surface area contributed by atoms with E-state index in [1.807, 2.05) is 18.2 Å². The number of nitrogens with zero attached hydrogens (tertiary/aromatic N) is 1. The molecule has 2 heterocycles. The molecule has 3 rings (SSSR count). The molecule has 1 fully saturated rings. The fraction of sp³-hybridized carbons (Fsp3) is 0.389. The Balaban J connectivity index is 1.54. The fourth-order valence-corrected chi connectivity index (χ4v) is 3.25. The van der Waals surface area contributed by atoms with Crippen molar-refractivity contribution in [3.63, 3.8) is 0 Å². The Morgan fingerprint density at radius 2 is 2.29 bits per heavy atom. The van der Waals surface area contributed by atoms with Crippen molar-refractivity contribution in [2.45, 2.75) is 19.9 Å². The zero-order valence-electron chi connectivity index (χ0n) is 13.7. The second kappa shape index (κ2) is 7.28. The number of amides is 1. The molecule has 6 heteroatoms. The average molecular weight is 348 g/mol. The Hall–Kier alpha value is -1.98. The van der Waals surface area contributed by atoms with E-state index in [-0.39, 0.29) is 5.91 Å². The van der Waals surface area contributed by atoms with Gasteiger partial charge in [-0.1, -0.05) is 17.7 Å². The van der Waals surface area contributed by atoms with Crippen molar-refractivity contribution in [2.75, 3.05) is 24.5 Å². The summed E-state index contributed by atoms with van der Waals surface area (Å²) in [5.41, 5.74) is 8.41. The van der Waals surface area contributed by atoms with Gasteiger partial charge in [-0.05, 0) is 43.0 Å². The molecule has 1 amide bonds. The Morgan fingerprint density at radius 1 is 1.46 bits per heavy atom. The molecule has 2 aromatic rings. The summed E-state index contributed by atoms with van der Waals surface area (Å²) in [4.78, 5) is 14.5. The second-order valence-corrected chi connectivity index (χ2v) is 6.68. The molecule has 0 saturated carbocycles. The van der Waals surface area contributed by atoms with Crippen LogP contribution in [0.2, 0.25) is 5.02 Å². The molecule has 1 aliphatic rings. The summed E-state index contributed by atoms with van der Waals surface area (Å²) in [7, 11) is 0. The summed E-state index contributed by atoms with van der Waals surface area (Å²) in [5.74, 6) is 0.924. The lowest BCUT2D eigenvalue weighted by atomic mass is 10.1. The third kappa shape index (κ3) is 3.74. The number of hydrogen-bond acceptors (Lipinski definition) is 4. The van der Waals surface area contributed by atoms with Crippen LogP contribution < -0.4 is 16.0 Å². The SMILES string of the molecule is Cc1ccc(Cl)cc1N1CCC(CNC(=O)c2coc(CN)c2)C1. The number of aryl methyl sites for hydroxylation is 1. The van der Waals surface area contributed by atoms with E-state index < -0.39 is 0 Å². The molecule has 1 aromatic carbocycles. The van der Waals surface area contributed by atoms with Crippen LogP contribution >= 0.6 is 11.6 Å². The lowest BCUT2D eigenvalue weighted by Crippen LogP contribution is -2.30. The van der Waals surface area contributed by atoms with Gasteiger partial charge in [0, 0.05) is 30.3 Å². The third-order valence-corrected chi connectivity index (χ3v) is 4.70. The molecule has 1 aliphatic heterocycles. The van der Waals surface area contributed by atoms with Crippen molar-refractivity contribution >= 4 is 23.2 Å². The molecule has 1 saturated heterocycles. The predicted molar refractivity (Wildman–Crippen MR) is 95.4 cm³/mol. The van der Waals surface area contributed by atoms with Gasteiger partial charge in [0.05, 0.1) is 12.1 Å². The first kappa shape index (κ1) is 16.9. The number of furan rings is 1. The van der Waals surface area contributed by atoms with Crippen LogP contribution in [0.5, 0.6) is 0 Å². The van der Waals surface area contributed by atoms with Crippen LogP contribution in [0.1, 0.15) is 28.1 Å². The largest absolute Gasteiger partial charge is 0.467 e. The second-order valence-electron chi connectivity index (χ2n) is 6.25. The standard InChI is InChI=1S/C18H22ClN3O2/c1-12-2-3-15(19)7-17(12)22-5-4-13(10-22)9-21-18(23)14-6-16(8-20)24-11-14/h2-3,6-7,11,13H,4-5,8-10,20H2,1H3,(H,21,23). The summed E-state index contributed by atoms with van der Waals surface area (Å²) >= 11 is 6.11. The van der Waals surface area contributed by atoms with Gasteiger partial charge in [-0.15, -0.1) is 0 Å². The number of halogens is 1. The van der Waals surface area contributed by atoms with Gasteiger partial charge in [-0.2, -0.15) is 0 Å². The van der Waals surface area contributed by atoms with Crippen LogP contribution in [-0.4, -0.2) is 25.5 Å². The summed E-state index contributed by atoms with van der Waals surface area (Å²) in [6, 6.07) is 7.65. The van der Waals surface area contributed by atoms with Gasteiger partial charge in [-0.25, -0.2) is 0 Å². The molecule has 0 spiro atoms. The van der Waals surface area contributed by atoms with E-state index in [2.05, 4.69) is 17.1 Å². The minimum Gasteiger partial charge on any atom is -0.467 e. The molecule has 128 valence electrons. The highest BCUT2D eigenvalue weighted by molar-refractivity contribution is 6.30. The summed E-state index contributed by atoms with van der Waals surface area (Å²) in [5, 5.41) is 3.74. The number of nitrogens with one attached hydrogen (secondary N) is 1. The van der Waals surface area contributed by atoms with E-state index in [1.54, 1.807) is 6.07 Å². The van der Waals surface area contributed by atoms with Crippen LogP contribution in [0.15, 0.2) is 34.9 Å². The van der Waals surface area contributed by atoms with Crippen LogP contribution in [0.3, 0.4) is 0 Å². The molecule has 5 nitrogen and oxygen atoms in total. The van der Waals surface area contributed by atoms with Crippen molar-refractivity contribution < 1.29 is 9.21 Å². The number of nitrogens with two attached hydrogens (primary N) is 1. The van der Waals surface area contributed by atoms with Crippen molar-refractivity contribution in [3.05, 3.63) is 52.4 Å². The van der Waals surface area contributed by atoms with Gasteiger partial charge in [0.2, 0.25) is 0 Å². The molecular formula is C18H22ClN3O2. The topological polar surface area (TPSA) is 71.5 Å². The van der Waals surface area contributed by atoms with Gasteiger partial charge in [0.25, 0.3) is 5.91 Å². The van der Waals surface area contributed by atoms with Crippen LogP contribution in [-0.2, 0) is 6.54 Å². The smallest absolute Gasteiger partial charge is 0.254 e. The first-order chi connectivity index (χ1) is 11.6. The first-order valence-corrected chi connectivity index (χ1v) is 8.51. The number of rotatable bonds is 5. The predicted octanol–water partition coefficient (Wildman–Crippen LogP) is 2.96. The van der Waals surface area contributed by atoms with Gasteiger partial charge in [0.15, 0.2) is 0 Å². The highest BCUT2D eigenvalue weighted by Gasteiger charge is 2.24. The number of anilines is 1. The van der Waals surface area contributed by atoms with E-state index in [0.717, 1.165) is 24.5 Å². The fourth-order valence-electron chi connectivity index (χ4n) is 3.09. The maximum absolute atomic E-state index is 12.1. The third-order valence-electron chi connectivity index (χ3n) is 4.47. The maximum Gasteiger partial charge on any atom is 0.254 e. The van der Waals surface area contributed by atoms with Crippen LogP contribution in [0, 0.1) is 12.8 Å². The number of hydrogen-bond donors (Lipinski definition) is 2. The summed E-state index contributed by atoms with van der Waals surface area (Å²) in [6.07, 6.45) is 2.50. The average Bonchev–Trinajstić information content (AvgIpc) is 3.24. The minimum absolute atomic E-state index is 0.115. The molecule has 3 N–H and O–H groups in total. The lowest BCUT2D eigenvalue weighted by molar-refractivity contribution is 0.0947. The monoisotopic (exact) mass is 347 g/mol. The van der Waals surface area contributed by atoms with Crippen molar-refractivity contribution in [1.29, 1.82) is 0 Å². The zero-order valence-corrected chi connectivity index (χ0v) is 14.5. The Bertz CT molecular complexity index is 729. The molecular weight excluding hydrogens is 326 g/mol. The van der Waals surface area contributed by atoms with E-state index in [1.165, 1.54) is 17.5 Å². The van der Waals surface area contributed by atoms with Gasteiger partial charge >= 0.3 is 0 Å². The van der Waals surface area contributed by atoms with E-state index in [9.17, 15) is 4.79 Å². The number of benzene rings is 1. The summed E-state index contributed by atoms with van der Waals surface area (Å²) < 4.78 is 5.20. The lowest BCUT2D eigenvalue weighted by Gasteiger charge is -2.21. The highest BCUT2D eigenvalue weighted by atomic mass is 35.5. The first-order valence-electron chi connectivity index (χ1n) is 8.13. The molecule has 1 aromatic heterocycles. The van der Waals surface area contributed by atoms with Crippen LogP contribution in [0.4, 0.5) is 5.69 Å². The Kier molecular flexibility index (Phi) is 5.11. The van der Waals surface area contributed by atoms with Crippen molar-refractivity contribution in [1.82, 2.24) is 5.32 Å². The van der Waals surface area contributed by atoms with E-state index >= 15 is 0 Å². The van der Waals surface area contributed by atoms with Crippen molar-refractivity contribution in [2.24, 2.45) is 11.7 Å².